The van der Waals surface area contributed by atoms with Crippen molar-refractivity contribution in [1.82, 2.24) is 9.88 Å². The van der Waals surface area contributed by atoms with Crippen LogP contribution in [0.3, 0.4) is 0 Å². The first kappa shape index (κ1) is 16.6. The number of aromatic nitrogens is 1. The quantitative estimate of drug-likeness (QED) is 0.785. The molecule has 0 aliphatic rings. The number of amides is 1. The van der Waals surface area contributed by atoms with E-state index in [0.29, 0.717) is 24.5 Å². The second-order valence-electron chi connectivity index (χ2n) is 5.15. The average Bonchev–Trinajstić information content (AvgIpc) is 3.04. The fraction of sp³-hybridized carbons (Fsp3) is 0.375. The van der Waals surface area contributed by atoms with E-state index in [4.69, 9.17) is 0 Å². The maximum atomic E-state index is 11.8. The fourth-order valence-electron chi connectivity index (χ4n) is 2.06. The van der Waals surface area contributed by atoms with Crippen LogP contribution >= 0.6 is 11.3 Å². The number of anilines is 1. The molecule has 1 aromatic carbocycles. The number of benzene rings is 1. The number of nitrogens with zero attached hydrogens (tertiary/aromatic N) is 2. The molecule has 6 heteroatoms. The molecule has 0 saturated carbocycles. The van der Waals surface area contributed by atoms with Crippen LogP contribution in [-0.4, -0.2) is 41.0 Å². The molecule has 2 rings (SSSR count). The van der Waals surface area contributed by atoms with Crippen molar-refractivity contribution < 1.29 is 9.90 Å². The topological polar surface area (TPSA) is 65.5 Å². The number of thiazole rings is 1. The summed E-state index contributed by atoms with van der Waals surface area (Å²) in [7, 11) is 1.95. The summed E-state index contributed by atoms with van der Waals surface area (Å²) in [6.07, 6.45) is 2.26. The Morgan fingerprint density at radius 3 is 2.82 bits per heavy atom. The molecule has 118 valence electrons. The van der Waals surface area contributed by atoms with Crippen molar-refractivity contribution in [2.75, 3.05) is 25.5 Å². The van der Waals surface area contributed by atoms with E-state index in [1.165, 1.54) is 11.3 Å². The number of aliphatic hydroxyl groups excluding tert-OH is 1. The van der Waals surface area contributed by atoms with Crippen LogP contribution in [0.25, 0.3) is 0 Å². The molecule has 1 amide bonds. The molecule has 1 atom stereocenters. The summed E-state index contributed by atoms with van der Waals surface area (Å²) in [5, 5.41) is 15.3. The van der Waals surface area contributed by atoms with Gasteiger partial charge in [-0.25, -0.2) is 4.98 Å². The van der Waals surface area contributed by atoms with Crippen molar-refractivity contribution in [1.29, 1.82) is 0 Å². The molecule has 0 aliphatic heterocycles. The zero-order valence-electron chi connectivity index (χ0n) is 12.6. The molecule has 0 fully saturated rings. The number of carbonyl (C=O) groups is 1. The molecule has 2 N–H and O–H groups in total. The summed E-state index contributed by atoms with van der Waals surface area (Å²) in [4.78, 5) is 17.8. The SMILES string of the molecule is CN(CCC(=O)Nc1nccs1)CC[C@@H](O)c1ccccc1. The van der Waals surface area contributed by atoms with E-state index >= 15 is 0 Å². The van der Waals surface area contributed by atoms with Gasteiger partial charge in [-0.3, -0.25) is 4.79 Å². The second-order valence-corrected chi connectivity index (χ2v) is 6.05. The molecule has 1 aromatic heterocycles. The highest BCUT2D eigenvalue weighted by Crippen LogP contribution is 2.16. The van der Waals surface area contributed by atoms with E-state index in [9.17, 15) is 9.90 Å². The van der Waals surface area contributed by atoms with Crippen molar-refractivity contribution in [2.45, 2.75) is 18.9 Å². The van der Waals surface area contributed by atoms with E-state index in [2.05, 4.69) is 10.3 Å². The van der Waals surface area contributed by atoms with Gasteiger partial charge >= 0.3 is 0 Å². The smallest absolute Gasteiger partial charge is 0.227 e. The average molecular weight is 319 g/mol. The predicted molar refractivity (Wildman–Crippen MR) is 88.9 cm³/mol. The summed E-state index contributed by atoms with van der Waals surface area (Å²) in [5.41, 5.74) is 0.928. The highest BCUT2D eigenvalue weighted by atomic mass is 32.1. The highest BCUT2D eigenvalue weighted by molar-refractivity contribution is 7.13. The Balaban J connectivity index is 1.65. The Kier molecular flexibility index (Phi) is 6.51. The summed E-state index contributed by atoms with van der Waals surface area (Å²) in [6, 6.07) is 9.62. The monoisotopic (exact) mass is 319 g/mol. The van der Waals surface area contributed by atoms with Crippen LogP contribution in [0.5, 0.6) is 0 Å². The minimum absolute atomic E-state index is 0.0367. The van der Waals surface area contributed by atoms with Gasteiger partial charge in [0, 0.05) is 31.1 Å². The van der Waals surface area contributed by atoms with Crippen molar-refractivity contribution in [2.24, 2.45) is 0 Å². The lowest BCUT2D eigenvalue weighted by Crippen LogP contribution is -2.26. The first-order valence-electron chi connectivity index (χ1n) is 7.26. The molecule has 5 nitrogen and oxygen atoms in total. The third kappa shape index (κ3) is 5.55. The molecular formula is C16H21N3O2S. The molecule has 0 spiro atoms. The lowest BCUT2D eigenvalue weighted by Gasteiger charge is -2.18. The number of hydrogen-bond donors (Lipinski definition) is 2. The van der Waals surface area contributed by atoms with E-state index in [1.54, 1.807) is 6.20 Å². The lowest BCUT2D eigenvalue weighted by molar-refractivity contribution is -0.116. The number of rotatable bonds is 8. The highest BCUT2D eigenvalue weighted by Gasteiger charge is 2.10. The Labute approximate surface area is 134 Å². The molecule has 1 heterocycles. The van der Waals surface area contributed by atoms with Gasteiger partial charge in [-0.2, -0.15) is 0 Å². The second kappa shape index (κ2) is 8.63. The molecule has 0 unspecified atom stereocenters. The van der Waals surface area contributed by atoms with Gasteiger partial charge < -0.3 is 15.3 Å². The van der Waals surface area contributed by atoms with E-state index < -0.39 is 6.10 Å². The molecular weight excluding hydrogens is 298 g/mol. The third-order valence-corrected chi connectivity index (χ3v) is 4.06. The van der Waals surface area contributed by atoms with Gasteiger partial charge in [0.25, 0.3) is 0 Å². The predicted octanol–water partition coefficient (Wildman–Crippen LogP) is 2.53. The number of aliphatic hydroxyl groups is 1. The third-order valence-electron chi connectivity index (χ3n) is 3.37. The molecule has 2 aromatic rings. The van der Waals surface area contributed by atoms with Crippen molar-refractivity contribution in [3.05, 3.63) is 47.5 Å². The van der Waals surface area contributed by atoms with E-state index in [1.807, 2.05) is 47.7 Å². The summed E-state index contributed by atoms with van der Waals surface area (Å²) >= 11 is 1.41. The van der Waals surface area contributed by atoms with Crippen molar-refractivity contribution in [3.8, 4) is 0 Å². The first-order valence-corrected chi connectivity index (χ1v) is 8.14. The van der Waals surface area contributed by atoms with Crippen LogP contribution < -0.4 is 5.32 Å². The van der Waals surface area contributed by atoms with Gasteiger partial charge in [0.1, 0.15) is 0 Å². The molecule has 0 saturated heterocycles. The van der Waals surface area contributed by atoms with Crippen molar-refractivity contribution >= 4 is 22.4 Å². The normalized spacial score (nSPS) is 12.3. The van der Waals surface area contributed by atoms with Gasteiger partial charge in [0.2, 0.25) is 5.91 Å². The Hall–Kier alpha value is -1.76. The zero-order valence-corrected chi connectivity index (χ0v) is 13.4. The Bertz CT molecular complexity index is 560. The standard InChI is InChI=1S/C16H21N3O2S/c1-19(10-7-14(20)13-5-3-2-4-6-13)11-8-15(21)18-16-17-9-12-22-16/h2-6,9,12,14,20H,7-8,10-11H2,1H3,(H,17,18,21)/t14-/m1/s1. The maximum Gasteiger partial charge on any atom is 0.227 e. The van der Waals surface area contributed by atoms with E-state index in [0.717, 1.165) is 12.1 Å². The number of carbonyl (C=O) groups excluding carboxylic acids is 1. The summed E-state index contributed by atoms with van der Waals surface area (Å²) < 4.78 is 0. The Morgan fingerprint density at radius 2 is 2.14 bits per heavy atom. The fourth-order valence-corrected chi connectivity index (χ4v) is 2.60. The van der Waals surface area contributed by atoms with Gasteiger partial charge in [-0.1, -0.05) is 30.3 Å². The first-order chi connectivity index (χ1) is 10.6. The van der Waals surface area contributed by atoms with Gasteiger partial charge in [-0.15, -0.1) is 11.3 Å². The minimum Gasteiger partial charge on any atom is -0.388 e. The summed E-state index contributed by atoms with van der Waals surface area (Å²) in [6.45, 7) is 1.39. The molecule has 0 radical (unpaired) electrons. The minimum atomic E-state index is -0.465. The molecule has 0 aliphatic carbocycles. The largest absolute Gasteiger partial charge is 0.388 e. The van der Waals surface area contributed by atoms with Gasteiger partial charge in [0.05, 0.1) is 6.10 Å². The van der Waals surface area contributed by atoms with Crippen LogP contribution in [0.1, 0.15) is 24.5 Å². The van der Waals surface area contributed by atoms with Gasteiger partial charge in [-0.05, 0) is 19.0 Å². The Morgan fingerprint density at radius 1 is 1.36 bits per heavy atom. The van der Waals surface area contributed by atoms with Crippen LogP contribution in [-0.2, 0) is 4.79 Å². The summed E-state index contributed by atoms with van der Waals surface area (Å²) in [5.74, 6) is -0.0367. The maximum absolute atomic E-state index is 11.8. The van der Waals surface area contributed by atoms with Gasteiger partial charge in [0.15, 0.2) is 5.13 Å². The van der Waals surface area contributed by atoms with Crippen LogP contribution in [0.2, 0.25) is 0 Å². The van der Waals surface area contributed by atoms with Crippen LogP contribution in [0, 0.1) is 0 Å². The van der Waals surface area contributed by atoms with Crippen LogP contribution in [0.15, 0.2) is 41.9 Å². The van der Waals surface area contributed by atoms with E-state index in [-0.39, 0.29) is 5.91 Å². The zero-order chi connectivity index (χ0) is 15.8. The van der Waals surface area contributed by atoms with Crippen LogP contribution in [0.4, 0.5) is 5.13 Å². The molecule has 22 heavy (non-hydrogen) atoms. The molecule has 0 bridgehead atoms. The lowest BCUT2D eigenvalue weighted by atomic mass is 10.1. The number of hydrogen-bond acceptors (Lipinski definition) is 5. The number of nitrogens with one attached hydrogen (secondary N) is 1. The van der Waals surface area contributed by atoms with Crippen molar-refractivity contribution in [3.63, 3.8) is 0 Å².